The summed E-state index contributed by atoms with van der Waals surface area (Å²) in [5, 5.41) is 259. The summed E-state index contributed by atoms with van der Waals surface area (Å²) in [6.07, 6.45) is -10.2. The van der Waals surface area contributed by atoms with E-state index in [1.165, 1.54) is 121 Å². The van der Waals surface area contributed by atoms with Gasteiger partial charge in [0, 0.05) is 95.9 Å². The lowest BCUT2D eigenvalue weighted by atomic mass is 9.92. The molecule has 0 bridgehead atoms. The zero-order chi connectivity index (χ0) is 92.6. The van der Waals surface area contributed by atoms with Crippen molar-refractivity contribution in [3.05, 3.63) is 260 Å². The van der Waals surface area contributed by atoms with Gasteiger partial charge in [0.05, 0.1) is 12.5 Å². The number of aromatic hydroxyl groups is 23. The Morgan fingerprint density at radius 1 is 0.258 bits per heavy atom. The molecule has 0 radical (unpaired) electrons. The first-order valence-electron chi connectivity index (χ1n) is 37.5. The molecule has 0 amide bonds. The third kappa shape index (κ3) is 18.3. The summed E-state index contributed by atoms with van der Waals surface area (Å²) in [6.45, 7) is 0. The largest absolute Gasteiger partial charge is 0.508 e. The monoisotopic (exact) mass is 1760 g/mol. The minimum absolute atomic E-state index is 0.000810. The number of carbonyl (C=O) groups is 4. The molecule has 0 aliphatic carbocycles. The highest BCUT2D eigenvalue weighted by Gasteiger charge is 2.43. The summed E-state index contributed by atoms with van der Waals surface area (Å²) in [5.41, 5.74) is 1.34. The van der Waals surface area contributed by atoms with E-state index in [2.05, 4.69) is 0 Å². The van der Waals surface area contributed by atoms with E-state index in [0.717, 1.165) is 66.2 Å². The van der Waals surface area contributed by atoms with Gasteiger partial charge in [-0.1, -0.05) is 36.4 Å². The van der Waals surface area contributed by atoms with Crippen molar-refractivity contribution in [3.8, 4) is 172 Å². The molecule has 0 saturated heterocycles. The van der Waals surface area contributed by atoms with Gasteiger partial charge in [0.15, 0.2) is 88.4 Å². The molecular formula is C90H72O38. The van der Waals surface area contributed by atoms with Crippen LogP contribution < -0.4 is 29.1 Å². The first-order valence-corrected chi connectivity index (χ1v) is 37.5. The lowest BCUT2D eigenvalue weighted by Gasteiger charge is -2.31. The molecule has 9 atom stereocenters. The van der Waals surface area contributed by atoms with E-state index in [4.69, 9.17) is 28.1 Å². The number of Topliss-reactive ketones (excluding diaryl/α,β-unsaturated/α-hetero) is 4. The van der Waals surface area contributed by atoms with Crippen LogP contribution in [0.15, 0.2) is 203 Å². The van der Waals surface area contributed by atoms with Crippen LogP contribution in [0, 0.1) is 0 Å². The fraction of sp³-hybridized carbons (Fsp3) is 0.122. The molecule has 38 nitrogen and oxygen atoms in total. The molecule has 0 unspecified atom stereocenters. The summed E-state index contributed by atoms with van der Waals surface area (Å²) in [5.74, 6) is -10.2. The van der Waals surface area contributed by atoms with E-state index < -0.39 is 129 Å². The van der Waals surface area contributed by atoms with Gasteiger partial charge in [0.25, 0.3) is 0 Å². The van der Waals surface area contributed by atoms with Crippen LogP contribution >= 0.6 is 0 Å². The zero-order valence-electron chi connectivity index (χ0n) is 65.2. The number of phenolic OH excluding ortho intramolecular Hbond substituents is 22. The van der Waals surface area contributed by atoms with Crippen molar-refractivity contribution in [2.24, 2.45) is 0 Å². The fourth-order valence-corrected chi connectivity index (χ4v) is 14.0. The van der Waals surface area contributed by atoms with Gasteiger partial charge in [0.2, 0.25) is 28.5 Å². The highest BCUT2D eigenvalue weighted by molar-refractivity contribution is 6.07. The van der Waals surface area contributed by atoms with E-state index in [0.29, 0.717) is 22.3 Å². The maximum absolute atomic E-state index is 12.2. The SMILES string of the molecule is O=C1C[C@@H](c2ccc(O)cc2)Oc2cc(O)cc(O)c21.O=C1c2c(O)cc(O)cc2O[C@H](c2cc(O)c(O)c(O)c2)[C@H]1O.O=C1c2c(O)cc(O)cc2O[C@H](c2ccc(O)c(O)c2)[C@H]1O.O=C1c2c(O)cc(O)cc2O[C@H](c2ccc(O)cc2)[C@H]1O.O=c1c(O)c(-c2ccc(O)cc2)oc2cc(O)cc(O)c12.Oc1cc(O)c2c(c1)O[C@H](c1ccc(O)c(O)c1)[C@@H](O)C2. The van der Waals surface area contributed by atoms with Crippen molar-refractivity contribution in [2.45, 2.75) is 67.8 Å². The summed E-state index contributed by atoms with van der Waals surface area (Å²) in [4.78, 5) is 60.8. The van der Waals surface area contributed by atoms with Crippen molar-refractivity contribution < 1.29 is 185 Å². The average molecular weight is 1760 g/mol. The van der Waals surface area contributed by atoms with Crippen molar-refractivity contribution in [2.75, 3.05) is 0 Å². The Morgan fingerprint density at radius 2 is 0.602 bits per heavy atom. The number of carbonyl (C=O) groups excluding carboxylic acids is 4. The van der Waals surface area contributed by atoms with Crippen LogP contribution in [0.2, 0.25) is 0 Å². The number of fused-ring (bicyclic) bond motifs is 6. The van der Waals surface area contributed by atoms with E-state index in [1.54, 1.807) is 12.1 Å². The number of rotatable bonds is 6. The molecule has 0 saturated carbocycles. The van der Waals surface area contributed by atoms with Crippen LogP contribution in [0.4, 0.5) is 0 Å². The zero-order valence-corrected chi connectivity index (χ0v) is 65.2. The normalized spacial score (nSPS) is 18.4. The fourth-order valence-electron chi connectivity index (χ4n) is 14.0. The molecule has 38 heteroatoms. The second-order valence-corrected chi connectivity index (χ2v) is 29.0. The van der Waals surface area contributed by atoms with E-state index in [9.17, 15) is 162 Å². The van der Waals surface area contributed by atoms with Gasteiger partial charge in [-0.15, -0.1) is 0 Å². The van der Waals surface area contributed by atoms with Crippen LogP contribution in [0.3, 0.4) is 0 Å². The predicted molar refractivity (Wildman–Crippen MR) is 437 cm³/mol. The maximum Gasteiger partial charge on any atom is 0.238 e. The Labute approximate surface area is 716 Å². The van der Waals surface area contributed by atoms with Crippen LogP contribution in [0.1, 0.15) is 112 Å². The highest BCUT2D eigenvalue weighted by Crippen LogP contribution is 2.50. The van der Waals surface area contributed by atoms with E-state index >= 15 is 0 Å². The Balaban J connectivity index is 0.000000131. The average Bonchev–Trinajstić information content (AvgIpc) is 0.774. The third-order valence-corrected chi connectivity index (χ3v) is 20.2. The van der Waals surface area contributed by atoms with Gasteiger partial charge in [-0.05, 0) is 107 Å². The topological polar surface area (TPSA) is 691 Å². The summed E-state index contributed by atoms with van der Waals surface area (Å²) < 4.78 is 33.1. The van der Waals surface area contributed by atoms with Crippen LogP contribution in [-0.4, -0.2) is 185 Å². The van der Waals surface area contributed by atoms with Crippen molar-refractivity contribution in [3.63, 3.8) is 0 Å². The van der Waals surface area contributed by atoms with Gasteiger partial charge >= 0.3 is 0 Å². The second kappa shape index (κ2) is 35.7. The Morgan fingerprint density at radius 3 is 1.05 bits per heavy atom. The number of benzene rings is 12. The number of phenols is 22. The number of aliphatic hydroxyl groups is 4. The van der Waals surface area contributed by atoms with Crippen LogP contribution in [-0.2, 0) is 6.42 Å². The lowest BCUT2D eigenvalue weighted by molar-refractivity contribution is 0.0197. The molecule has 660 valence electrons. The third-order valence-electron chi connectivity index (χ3n) is 20.2. The molecule has 18 rings (SSSR count). The Hall–Kier alpha value is -17.2. The van der Waals surface area contributed by atoms with E-state index in [1.807, 2.05) is 0 Å². The van der Waals surface area contributed by atoms with Crippen molar-refractivity contribution in [1.29, 1.82) is 0 Å². The maximum atomic E-state index is 12.2. The molecule has 128 heavy (non-hydrogen) atoms. The van der Waals surface area contributed by atoms with Gasteiger partial charge in [0.1, 0.15) is 160 Å². The minimum atomic E-state index is -1.72. The van der Waals surface area contributed by atoms with Gasteiger partial charge in [-0.3, -0.25) is 24.0 Å². The second-order valence-electron chi connectivity index (χ2n) is 29.0. The first-order chi connectivity index (χ1) is 60.6. The molecule has 12 aromatic carbocycles. The molecule has 6 heterocycles. The van der Waals surface area contributed by atoms with Crippen LogP contribution in [0.5, 0.6) is 161 Å². The summed E-state index contributed by atoms with van der Waals surface area (Å²) in [6, 6.07) is 41.2. The first kappa shape index (κ1) is 88.6. The number of ketones is 4. The highest BCUT2D eigenvalue weighted by atomic mass is 16.5. The molecule has 0 spiro atoms. The van der Waals surface area contributed by atoms with Gasteiger partial charge < -0.3 is 166 Å². The number of ether oxygens (including phenoxy) is 5. The minimum Gasteiger partial charge on any atom is -0.508 e. The number of hydrogen-bond acceptors (Lipinski definition) is 38. The van der Waals surface area contributed by atoms with Crippen molar-refractivity contribution in [1.82, 2.24) is 0 Å². The van der Waals surface area contributed by atoms with Crippen molar-refractivity contribution >= 4 is 34.1 Å². The summed E-state index contributed by atoms with van der Waals surface area (Å²) >= 11 is 0. The molecule has 0 fully saturated rings. The smallest absolute Gasteiger partial charge is 0.238 e. The quantitative estimate of drug-likeness (QED) is 0.0688. The standard InChI is InChI=1S/C15H12O8.C15H12O7.C15H12O6.C15H10O6.C15H14O6.C15H12O5/c16-6-3-7(17)11-10(4-6)23-15(14(22)13(11)21)5-1-8(18)12(20)9(19)2-5;16-7-4-10(19)12-11(5-7)22-15(14(21)13(12)20)6-1-2-8(17)9(18)3-6;2*16-8-3-1-7(2-4-8)15-14(20)13(19)12-10(18)5-9(17)6-11(12)21-15;16-8-4-11(18)9-6-13(20)15(21-14(9)5-8)7-1-2-10(17)12(19)3-7;16-9-3-1-8(2-4-9)13-7-12(19)15-11(18)5-10(17)6-14(15)20-13/h1-4,14-20,22H;1-5,14-19,21H;1-6,14-18,20H;1-6,16-18,20H;1-5,13,15-20H,6H2;1-6,13,16-18H,7H2/t3*14-,15+;;13-,15+;13-/m000.00/s1. The summed E-state index contributed by atoms with van der Waals surface area (Å²) in [7, 11) is 0. The molecule has 27 N–H and O–H groups in total. The van der Waals surface area contributed by atoms with Gasteiger partial charge in [-0.2, -0.15) is 0 Å². The van der Waals surface area contributed by atoms with E-state index in [-0.39, 0.29) is 178 Å². The number of hydrogen-bond donors (Lipinski definition) is 27. The number of aliphatic hydroxyl groups excluding tert-OH is 4. The lowest BCUT2D eigenvalue weighted by Crippen LogP contribution is -2.36. The van der Waals surface area contributed by atoms with Gasteiger partial charge in [-0.25, -0.2) is 0 Å². The molecular weight excluding hydrogens is 1690 g/mol. The molecule has 5 aliphatic rings. The molecule has 5 aliphatic heterocycles. The predicted octanol–water partition coefficient (Wildman–Crippen LogP) is 9.90. The molecule has 13 aromatic rings. The Bertz CT molecular complexity index is 6560. The Kier molecular flexibility index (Phi) is 24.7. The van der Waals surface area contributed by atoms with Crippen LogP contribution in [0.25, 0.3) is 22.3 Å². The molecule has 1 aromatic heterocycles.